The molecule has 0 spiro atoms. The van der Waals surface area contributed by atoms with Crippen LogP contribution in [-0.2, 0) is 31.2 Å². The van der Waals surface area contributed by atoms with E-state index in [9.17, 15) is 79.7 Å². The zero-order valence-electron chi connectivity index (χ0n) is 24.3. The summed E-state index contributed by atoms with van der Waals surface area (Å²) in [7, 11) is -11.0. The molecule has 48 heavy (non-hydrogen) atoms. The summed E-state index contributed by atoms with van der Waals surface area (Å²) in [4.78, 5) is -3.42. The second kappa shape index (κ2) is 12.6. The van der Waals surface area contributed by atoms with Crippen molar-refractivity contribution in [2.24, 2.45) is 0 Å². The molecular formula is C26H26F12N2O6S2. The van der Waals surface area contributed by atoms with E-state index in [0.717, 1.165) is 26.0 Å². The van der Waals surface area contributed by atoms with Crippen molar-refractivity contribution in [2.75, 3.05) is 0 Å². The summed E-state index contributed by atoms with van der Waals surface area (Å²) < 4.78 is 222. The summed E-state index contributed by atoms with van der Waals surface area (Å²) in [5, 5.41) is 19.9. The molecule has 22 heteroatoms. The predicted octanol–water partition coefficient (Wildman–Crippen LogP) is 5.50. The summed E-state index contributed by atoms with van der Waals surface area (Å²) in [5.74, 6) is 0. The van der Waals surface area contributed by atoms with Crippen molar-refractivity contribution in [1.29, 1.82) is 0 Å². The van der Waals surface area contributed by atoms with Crippen LogP contribution in [-0.4, -0.2) is 63.8 Å². The highest BCUT2D eigenvalue weighted by Crippen LogP contribution is 2.53. The molecule has 0 saturated heterocycles. The van der Waals surface area contributed by atoms with Gasteiger partial charge in [0.05, 0.1) is 9.79 Å². The van der Waals surface area contributed by atoms with Gasteiger partial charge in [0.1, 0.15) is 0 Å². The highest BCUT2D eigenvalue weighted by molar-refractivity contribution is 7.90. The maximum atomic E-state index is 13.7. The molecule has 0 amide bonds. The molecule has 2 aromatic carbocycles. The number of hydrogen-bond acceptors (Lipinski definition) is 6. The van der Waals surface area contributed by atoms with E-state index in [4.69, 9.17) is 0 Å². The Morgan fingerprint density at radius 3 is 1.08 bits per heavy atom. The van der Waals surface area contributed by atoms with Gasteiger partial charge < -0.3 is 10.2 Å². The van der Waals surface area contributed by atoms with Gasteiger partial charge >= 0.3 is 24.7 Å². The molecule has 1 aliphatic rings. The Labute approximate surface area is 265 Å². The molecule has 2 atom stereocenters. The smallest absolute Gasteiger partial charge is 0.369 e. The number of nitrogens with one attached hydrogen (secondary N) is 2. The van der Waals surface area contributed by atoms with Gasteiger partial charge in [0.2, 0.25) is 20.0 Å². The highest BCUT2D eigenvalue weighted by atomic mass is 32.2. The number of halogens is 12. The number of benzene rings is 2. The lowest BCUT2D eigenvalue weighted by Crippen LogP contribution is -2.56. The fourth-order valence-corrected chi connectivity index (χ4v) is 8.29. The third kappa shape index (κ3) is 7.14. The van der Waals surface area contributed by atoms with E-state index in [1.165, 1.54) is 0 Å². The minimum atomic E-state index is -6.51. The fraction of sp³-hybridized carbons (Fsp3) is 0.538. The zero-order chi connectivity index (χ0) is 37.1. The van der Waals surface area contributed by atoms with Crippen LogP contribution in [0.5, 0.6) is 0 Å². The van der Waals surface area contributed by atoms with Crippen molar-refractivity contribution in [3.63, 3.8) is 0 Å². The summed E-state index contributed by atoms with van der Waals surface area (Å²) in [6.07, 6.45) is -26.6. The first kappa shape index (κ1) is 39.8. The van der Waals surface area contributed by atoms with Crippen molar-refractivity contribution in [1.82, 2.24) is 9.44 Å². The number of hydrogen-bond donors (Lipinski definition) is 4. The average Bonchev–Trinajstić information content (AvgIpc) is 2.90. The Hall–Kier alpha value is -2.66. The maximum absolute atomic E-state index is 13.7. The van der Waals surface area contributed by atoms with Gasteiger partial charge in [-0.05, 0) is 38.8 Å². The van der Waals surface area contributed by atoms with Crippen LogP contribution in [0.25, 0.3) is 0 Å². The van der Waals surface area contributed by atoms with Gasteiger partial charge in [0, 0.05) is 23.2 Å². The molecule has 1 fully saturated rings. The molecule has 0 unspecified atom stereocenters. The van der Waals surface area contributed by atoms with E-state index >= 15 is 0 Å². The van der Waals surface area contributed by atoms with Crippen molar-refractivity contribution < 1.29 is 79.7 Å². The summed E-state index contributed by atoms with van der Waals surface area (Å²) in [6.45, 7) is 1.98. The van der Waals surface area contributed by atoms with Gasteiger partial charge in [0.25, 0.3) is 11.2 Å². The Bertz CT molecular complexity index is 1580. The van der Waals surface area contributed by atoms with Gasteiger partial charge in [-0.3, -0.25) is 0 Å². The molecule has 4 N–H and O–H groups in total. The van der Waals surface area contributed by atoms with Crippen molar-refractivity contribution >= 4 is 20.0 Å². The molecule has 1 saturated carbocycles. The largest absolute Gasteiger partial charge is 0.430 e. The second-order valence-electron chi connectivity index (χ2n) is 11.2. The van der Waals surface area contributed by atoms with Crippen molar-refractivity contribution in [3.05, 3.63) is 58.7 Å². The maximum Gasteiger partial charge on any atom is 0.430 e. The van der Waals surface area contributed by atoms with E-state index in [0.29, 0.717) is 12.1 Å². The molecule has 3 rings (SSSR count). The van der Waals surface area contributed by atoms with Gasteiger partial charge in [-0.25, -0.2) is 26.3 Å². The van der Waals surface area contributed by atoms with Crippen LogP contribution in [0, 0.1) is 13.8 Å². The van der Waals surface area contributed by atoms with Gasteiger partial charge in [-0.15, -0.1) is 0 Å². The topological polar surface area (TPSA) is 133 Å². The van der Waals surface area contributed by atoms with Crippen LogP contribution in [0.2, 0.25) is 0 Å². The van der Waals surface area contributed by atoms with E-state index in [-0.39, 0.29) is 48.9 Å². The number of alkyl halides is 12. The monoisotopic (exact) mass is 754 g/mol. The molecule has 0 bridgehead atoms. The standard InChI is InChI=1S/C26H26F12N2O6S2/c1-13-7-9-19(15(11-13)21(41,23(27,28)29)24(30,31)32)47(43,44)39-17-5-3-4-6-18(17)40-48(45,46)20-10-8-14(2)12-16(20)22(42,25(33,34)35)26(36,37)38/h7-12,17-18,39-42H,3-6H2,1-2H3/t17-,18-/m1/s1. The third-order valence-corrected chi connectivity index (χ3v) is 10.7. The SMILES string of the molecule is Cc1ccc(S(=O)(=O)N[C@@H]2CCCC[C@H]2NS(=O)(=O)c2ccc(C)cc2C(O)(C(F)(F)F)C(F)(F)F)c(C(O)(C(F)(F)F)C(F)(F)F)c1. The number of aryl methyl sites for hydroxylation is 2. The lowest BCUT2D eigenvalue weighted by molar-refractivity contribution is -0.377. The molecule has 1 aliphatic carbocycles. The lowest BCUT2D eigenvalue weighted by Gasteiger charge is -2.36. The first-order valence-electron chi connectivity index (χ1n) is 13.4. The fourth-order valence-electron chi connectivity index (χ4n) is 5.19. The molecule has 0 heterocycles. The summed E-state index contributed by atoms with van der Waals surface area (Å²) in [6, 6.07) is -0.987. The molecule has 8 nitrogen and oxygen atoms in total. The molecule has 272 valence electrons. The van der Waals surface area contributed by atoms with E-state index in [1.807, 2.05) is 0 Å². The predicted molar refractivity (Wildman–Crippen MR) is 141 cm³/mol. The average molecular weight is 755 g/mol. The van der Waals surface area contributed by atoms with Gasteiger partial charge in [-0.2, -0.15) is 52.7 Å². The minimum absolute atomic E-state index is 0.0683. The van der Waals surface area contributed by atoms with Crippen molar-refractivity contribution in [2.45, 2.75) is 97.3 Å². The molecule has 0 aliphatic heterocycles. The molecule has 0 aromatic heterocycles. The summed E-state index contributed by atoms with van der Waals surface area (Å²) >= 11 is 0. The van der Waals surface area contributed by atoms with Gasteiger partial charge in [-0.1, -0.05) is 48.2 Å². The van der Waals surface area contributed by atoms with E-state index < -0.39 is 89.0 Å². The molecule has 0 radical (unpaired) electrons. The van der Waals surface area contributed by atoms with Crippen molar-refractivity contribution in [3.8, 4) is 0 Å². The first-order valence-corrected chi connectivity index (χ1v) is 16.4. The van der Waals surface area contributed by atoms with Crippen LogP contribution >= 0.6 is 0 Å². The van der Waals surface area contributed by atoms with Gasteiger partial charge in [0.15, 0.2) is 0 Å². The lowest BCUT2D eigenvalue weighted by atomic mass is 9.91. The molecular weight excluding hydrogens is 728 g/mol. The number of rotatable bonds is 8. The van der Waals surface area contributed by atoms with Crippen LogP contribution in [0.3, 0.4) is 0 Å². The van der Waals surface area contributed by atoms with Crippen LogP contribution in [0.4, 0.5) is 52.7 Å². The number of sulfonamides is 2. The highest BCUT2D eigenvalue weighted by Gasteiger charge is 2.73. The van der Waals surface area contributed by atoms with Crippen LogP contribution in [0.1, 0.15) is 47.9 Å². The Morgan fingerprint density at radius 1 is 0.562 bits per heavy atom. The second-order valence-corrected chi connectivity index (χ2v) is 14.5. The number of aliphatic hydroxyl groups is 2. The quantitative estimate of drug-likeness (QED) is 0.264. The third-order valence-electron chi connectivity index (χ3n) is 7.65. The minimum Gasteiger partial charge on any atom is -0.369 e. The Kier molecular flexibility index (Phi) is 10.4. The molecule has 2 aromatic rings. The zero-order valence-corrected chi connectivity index (χ0v) is 26.0. The van der Waals surface area contributed by atoms with E-state index in [2.05, 4.69) is 0 Å². The Balaban J connectivity index is 2.12. The Morgan fingerprint density at radius 2 is 0.833 bits per heavy atom. The normalized spacial score (nSPS) is 19.4. The van der Waals surface area contributed by atoms with E-state index in [1.54, 1.807) is 9.44 Å². The first-order chi connectivity index (χ1) is 21.4. The van der Waals surface area contributed by atoms with Crippen LogP contribution < -0.4 is 9.44 Å². The summed E-state index contributed by atoms with van der Waals surface area (Å²) in [5.41, 5.74) is -16.4. The van der Waals surface area contributed by atoms with Crippen LogP contribution in [0.15, 0.2) is 46.2 Å².